The summed E-state index contributed by atoms with van der Waals surface area (Å²) in [5.41, 5.74) is 0. The minimum atomic E-state index is -0.870. The number of carbonyl (C=O) groups excluding carboxylic acids is 1. The minimum Gasteiger partial charge on any atom is -0.481 e. The SMILES string of the molecule is CC(NC(=O)NC1C=CC(C(=O)O)C1)c1ncc[nH]1. The summed E-state index contributed by atoms with van der Waals surface area (Å²) in [7, 11) is 0. The molecule has 0 aromatic carbocycles. The van der Waals surface area contributed by atoms with E-state index in [-0.39, 0.29) is 18.1 Å². The molecule has 0 fully saturated rings. The molecule has 0 saturated carbocycles. The number of nitrogens with zero attached hydrogens (tertiary/aromatic N) is 1. The summed E-state index contributed by atoms with van der Waals surface area (Å²) in [6, 6.07) is -0.829. The van der Waals surface area contributed by atoms with Gasteiger partial charge in [0, 0.05) is 12.4 Å². The monoisotopic (exact) mass is 264 g/mol. The number of carbonyl (C=O) groups is 2. The normalized spacial score (nSPS) is 23.0. The first-order valence-electron chi connectivity index (χ1n) is 6.03. The van der Waals surface area contributed by atoms with E-state index in [1.165, 1.54) is 0 Å². The molecular weight excluding hydrogens is 248 g/mol. The van der Waals surface area contributed by atoms with Gasteiger partial charge in [0.2, 0.25) is 0 Å². The van der Waals surface area contributed by atoms with E-state index in [9.17, 15) is 9.59 Å². The highest BCUT2D eigenvalue weighted by Gasteiger charge is 2.25. The molecule has 4 N–H and O–H groups in total. The summed E-state index contributed by atoms with van der Waals surface area (Å²) >= 11 is 0. The van der Waals surface area contributed by atoms with Crippen LogP contribution in [0.3, 0.4) is 0 Å². The van der Waals surface area contributed by atoms with E-state index >= 15 is 0 Å². The Morgan fingerprint density at radius 2 is 2.32 bits per heavy atom. The van der Waals surface area contributed by atoms with Gasteiger partial charge in [0.15, 0.2) is 0 Å². The fraction of sp³-hybridized carbons (Fsp3) is 0.417. The van der Waals surface area contributed by atoms with Crippen molar-refractivity contribution in [3.8, 4) is 0 Å². The number of hydrogen-bond donors (Lipinski definition) is 4. The predicted molar refractivity (Wildman–Crippen MR) is 67.3 cm³/mol. The van der Waals surface area contributed by atoms with Crippen LogP contribution in [-0.2, 0) is 4.79 Å². The van der Waals surface area contributed by atoms with Crippen molar-refractivity contribution in [2.24, 2.45) is 5.92 Å². The maximum absolute atomic E-state index is 11.7. The van der Waals surface area contributed by atoms with Crippen molar-refractivity contribution in [1.29, 1.82) is 0 Å². The molecular formula is C12H16N4O3. The molecule has 0 aliphatic heterocycles. The smallest absolute Gasteiger partial charge is 0.315 e. The molecule has 1 aromatic rings. The second kappa shape index (κ2) is 5.55. The van der Waals surface area contributed by atoms with Crippen molar-refractivity contribution in [3.63, 3.8) is 0 Å². The Hall–Kier alpha value is -2.31. The predicted octanol–water partition coefficient (Wildman–Crippen LogP) is 0.799. The summed E-state index contributed by atoms with van der Waals surface area (Å²) < 4.78 is 0. The van der Waals surface area contributed by atoms with Crippen LogP contribution in [0.5, 0.6) is 0 Å². The molecule has 1 aliphatic rings. The van der Waals surface area contributed by atoms with Gasteiger partial charge >= 0.3 is 12.0 Å². The van der Waals surface area contributed by atoms with E-state index in [4.69, 9.17) is 5.11 Å². The summed E-state index contributed by atoms with van der Waals surface area (Å²) in [4.78, 5) is 29.5. The van der Waals surface area contributed by atoms with Crippen LogP contribution in [0.25, 0.3) is 0 Å². The standard InChI is InChI=1S/C12H16N4O3/c1-7(10-13-4-5-14-10)15-12(19)16-9-3-2-8(6-9)11(17)18/h2-5,7-9H,6H2,1H3,(H,13,14)(H,17,18)(H2,15,16,19). The first kappa shape index (κ1) is 13.1. The number of carboxylic acids is 1. The average Bonchev–Trinajstić information content (AvgIpc) is 2.98. The first-order chi connectivity index (χ1) is 9.06. The van der Waals surface area contributed by atoms with Crippen LogP contribution in [-0.4, -0.2) is 33.1 Å². The maximum atomic E-state index is 11.7. The Kier molecular flexibility index (Phi) is 3.84. The van der Waals surface area contributed by atoms with Gasteiger partial charge in [-0.1, -0.05) is 12.2 Å². The number of hydrogen-bond acceptors (Lipinski definition) is 3. The Balaban J connectivity index is 1.80. The van der Waals surface area contributed by atoms with E-state index in [2.05, 4.69) is 20.6 Å². The van der Waals surface area contributed by atoms with Gasteiger partial charge in [0.05, 0.1) is 18.0 Å². The summed E-state index contributed by atoms with van der Waals surface area (Å²) in [6.45, 7) is 1.81. The molecule has 3 atom stereocenters. The number of aliphatic carboxylic acids is 1. The third-order valence-corrected chi connectivity index (χ3v) is 2.99. The largest absolute Gasteiger partial charge is 0.481 e. The zero-order chi connectivity index (χ0) is 13.8. The van der Waals surface area contributed by atoms with Crippen LogP contribution in [0.2, 0.25) is 0 Å². The number of imidazole rings is 1. The van der Waals surface area contributed by atoms with Crippen molar-refractivity contribution in [2.45, 2.75) is 25.4 Å². The quantitative estimate of drug-likeness (QED) is 0.603. The molecule has 0 radical (unpaired) electrons. The van der Waals surface area contributed by atoms with Crippen LogP contribution < -0.4 is 10.6 Å². The third-order valence-electron chi connectivity index (χ3n) is 2.99. The second-order valence-corrected chi connectivity index (χ2v) is 4.49. The Labute approximate surface area is 110 Å². The number of amides is 2. The highest BCUT2D eigenvalue weighted by atomic mass is 16.4. The maximum Gasteiger partial charge on any atom is 0.315 e. The lowest BCUT2D eigenvalue weighted by atomic mass is 10.1. The van der Waals surface area contributed by atoms with Gasteiger partial charge in [-0.15, -0.1) is 0 Å². The molecule has 1 heterocycles. The van der Waals surface area contributed by atoms with E-state index in [0.29, 0.717) is 12.2 Å². The van der Waals surface area contributed by atoms with Gasteiger partial charge in [-0.25, -0.2) is 9.78 Å². The minimum absolute atomic E-state index is 0.240. The van der Waals surface area contributed by atoms with Gasteiger partial charge in [0.25, 0.3) is 0 Å². The molecule has 1 aromatic heterocycles. The zero-order valence-electron chi connectivity index (χ0n) is 10.5. The highest BCUT2D eigenvalue weighted by Crippen LogP contribution is 2.17. The van der Waals surface area contributed by atoms with Gasteiger partial charge in [-0.3, -0.25) is 4.79 Å². The summed E-state index contributed by atoms with van der Waals surface area (Å²) in [5, 5.41) is 14.3. The van der Waals surface area contributed by atoms with Gasteiger partial charge in [-0.05, 0) is 13.3 Å². The number of aromatic nitrogens is 2. The van der Waals surface area contributed by atoms with E-state index in [1.807, 2.05) is 6.92 Å². The van der Waals surface area contributed by atoms with Crippen LogP contribution >= 0.6 is 0 Å². The lowest BCUT2D eigenvalue weighted by Crippen LogP contribution is -2.42. The second-order valence-electron chi connectivity index (χ2n) is 4.49. The Morgan fingerprint density at radius 3 is 2.89 bits per heavy atom. The number of carboxylic acid groups (broad SMARTS) is 1. The number of H-pyrrole nitrogens is 1. The molecule has 2 rings (SSSR count). The van der Waals surface area contributed by atoms with Crippen molar-refractivity contribution in [2.75, 3.05) is 0 Å². The van der Waals surface area contributed by atoms with Crippen molar-refractivity contribution >= 4 is 12.0 Å². The molecule has 0 saturated heterocycles. The van der Waals surface area contributed by atoms with Gasteiger partial charge in [0.1, 0.15) is 5.82 Å². The van der Waals surface area contributed by atoms with Crippen LogP contribution in [0, 0.1) is 5.92 Å². The lowest BCUT2D eigenvalue weighted by Gasteiger charge is -2.16. The summed E-state index contributed by atoms with van der Waals surface area (Å²) in [5.74, 6) is -0.724. The number of rotatable bonds is 4. The van der Waals surface area contributed by atoms with Crippen molar-refractivity contribution < 1.29 is 14.7 Å². The Morgan fingerprint density at radius 1 is 1.53 bits per heavy atom. The van der Waals surface area contributed by atoms with Crippen molar-refractivity contribution in [1.82, 2.24) is 20.6 Å². The summed E-state index contributed by atoms with van der Waals surface area (Å²) in [6.07, 6.45) is 6.99. The Bertz CT molecular complexity index is 483. The number of urea groups is 1. The molecule has 3 unspecified atom stereocenters. The van der Waals surface area contributed by atoms with Crippen LogP contribution in [0.15, 0.2) is 24.5 Å². The number of aromatic amines is 1. The highest BCUT2D eigenvalue weighted by molar-refractivity contribution is 5.76. The molecule has 1 aliphatic carbocycles. The number of nitrogens with one attached hydrogen (secondary N) is 3. The van der Waals surface area contributed by atoms with E-state index < -0.39 is 11.9 Å². The third kappa shape index (κ3) is 3.34. The molecule has 7 heteroatoms. The first-order valence-corrected chi connectivity index (χ1v) is 6.03. The molecule has 19 heavy (non-hydrogen) atoms. The van der Waals surface area contributed by atoms with Gasteiger partial charge < -0.3 is 20.7 Å². The fourth-order valence-corrected chi connectivity index (χ4v) is 1.98. The lowest BCUT2D eigenvalue weighted by molar-refractivity contribution is -0.140. The molecule has 0 spiro atoms. The zero-order valence-corrected chi connectivity index (χ0v) is 10.5. The van der Waals surface area contributed by atoms with E-state index in [1.54, 1.807) is 24.5 Å². The average molecular weight is 264 g/mol. The van der Waals surface area contributed by atoms with Crippen LogP contribution in [0.1, 0.15) is 25.2 Å². The fourth-order valence-electron chi connectivity index (χ4n) is 1.98. The van der Waals surface area contributed by atoms with Crippen LogP contribution in [0.4, 0.5) is 4.79 Å². The molecule has 102 valence electrons. The van der Waals surface area contributed by atoms with Gasteiger partial charge in [-0.2, -0.15) is 0 Å². The van der Waals surface area contributed by atoms with Crippen molar-refractivity contribution in [3.05, 3.63) is 30.4 Å². The molecule has 2 amide bonds. The molecule has 7 nitrogen and oxygen atoms in total. The topological polar surface area (TPSA) is 107 Å². The molecule has 0 bridgehead atoms. The van der Waals surface area contributed by atoms with E-state index in [0.717, 1.165) is 0 Å².